The fourth-order valence-electron chi connectivity index (χ4n) is 2.38. The van der Waals surface area contributed by atoms with Crippen molar-refractivity contribution in [3.8, 4) is 0 Å². The van der Waals surface area contributed by atoms with Gasteiger partial charge in [0.25, 0.3) is 0 Å². The van der Waals surface area contributed by atoms with Crippen LogP contribution in [0.3, 0.4) is 0 Å². The first-order valence-corrected chi connectivity index (χ1v) is 7.61. The highest BCUT2D eigenvalue weighted by Crippen LogP contribution is 2.13. The molecule has 0 aliphatic carbocycles. The van der Waals surface area contributed by atoms with Crippen LogP contribution in [0, 0.1) is 0 Å². The number of hydrogen-bond donors (Lipinski definition) is 1. The summed E-state index contributed by atoms with van der Waals surface area (Å²) in [4.78, 5) is 0. The van der Waals surface area contributed by atoms with Crippen molar-refractivity contribution in [2.75, 3.05) is 13.2 Å². The van der Waals surface area contributed by atoms with Crippen molar-refractivity contribution in [1.29, 1.82) is 0 Å². The number of ether oxygens (including phenoxy) is 1. The van der Waals surface area contributed by atoms with Gasteiger partial charge >= 0.3 is 0 Å². The highest BCUT2D eigenvalue weighted by Gasteiger charge is 2.15. The third kappa shape index (κ3) is 4.71. The SMILES string of the molecule is C[C@@H](CCc1ccc(Br)cc1)NC1CCOCC1. The van der Waals surface area contributed by atoms with Gasteiger partial charge in [-0.3, -0.25) is 0 Å². The molecular weight excluding hydrogens is 290 g/mol. The van der Waals surface area contributed by atoms with E-state index in [4.69, 9.17) is 4.74 Å². The summed E-state index contributed by atoms with van der Waals surface area (Å²) < 4.78 is 6.53. The summed E-state index contributed by atoms with van der Waals surface area (Å²) in [6.45, 7) is 4.11. The van der Waals surface area contributed by atoms with Gasteiger partial charge in [0.2, 0.25) is 0 Å². The predicted molar refractivity (Wildman–Crippen MR) is 78.9 cm³/mol. The van der Waals surface area contributed by atoms with Crippen LogP contribution in [0.5, 0.6) is 0 Å². The minimum atomic E-state index is 0.580. The first-order chi connectivity index (χ1) is 8.74. The Bertz CT molecular complexity index is 346. The van der Waals surface area contributed by atoms with E-state index >= 15 is 0 Å². The zero-order chi connectivity index (χ0) is 12.8. The van der Waals surface area contributed by atoms with E-state index in [0.29, 0.717) is 12.1 Å². The maximum absolute atomic E-state index is 5.38. The number of aryl methyl sites for hydroxylation is 1. The number of rotatable bonds is 5. The van der Waals surface area contributed by atoms with E-state index < -0.39 is 0 Å². The summed E-state index contributed by atoms with van der Waals surface area (Å²) in [5.41, 5.74) is 1.42. The second kappa shape index (κ2) is 7.27. The molecule has 18 heavy (non-hydrogen) atoms. The zero-order valence-corrected chi connectivity index (χ0v) is 12.6. The van der Waals surface area contributed by atoms with E-state index in [1.807, 2.05) is 0 Å². The second-order valence-corrected chi connectivity index (χ2v) is 6.04. The summed E-state index contributed by atoms with van der Waals surface area (Å²) in [6.07, 6.45) is 4.65. The minimum absolute atomic E-state index is 0.580. The Labute approximate surface area is 118 Å². The minimum Gasteiger partial charge on any atom is -0.381 e. The van der Waals surface area contributed by atoms with Crippen molar-refractivity contribution >= 4 is 15.9 Å². The Morgan fingerprint density at radius 1 is 1.28 bits per heavy atom. The van der Waals surface area contributed by atoms with Crippen LogP contribution in [0.25, 0.3) is 0 Å². The monoisotopic (exact) mass is 311 g/mol. The maximum Gasteiger partial charge on any atom is 0.0480 e. The van der Waals surface area contributed by atoms with Crippen molar-refractivity contribution in [1.82, 2.24) is 5.32 Å². The topological polar surface area (TPSA) is 21.3 Å². The molecule has 2 rings (SSSR count). The van der Waals surface area contributed by atoms with E-state index in [0.717, 1.165) is 36.9 Å². The van der Waals surface area contributed by atoms with Crippen molar-refractivity contribution in [2.45, 2.75) is 44.7 Å². The normalized spacial score (nSPS) is 18.8. The van der Waals surface area contributed by atoms with Crippen LogP contribution >= 0.6 is 15.9 Å². The second-order valence-electron chi connectivity index (χ2n) is 5.12. The van der Waals surface area contributed by atoms with Gasteiger partial charge in [-0.15, -0.1) is 0 Å². The molecule has 1 saturated heterocycles. The number of nitrogens with one attached hydrogen (secondary N) is 1. The Morgan fingerprint density at radius 3 is 2.61 bits per heavy atom. The third-order valence-corrected chi connectivity index (χ3v) is 4.05. The molecule has 1 aliphatic rings. The van der Waals surface area contributed by atoms with Gasteiger partial charge in [-0.2, -0.15) is 0 Å². The van der Waals surface area contributed by atoms with Gasteiger partial charge in [0.05, 0.1) is 0 Å². The van der Waals surface area contributed by atoms with Crippen LogP contribution in [0.2, 0.25) is 0 Å². The number of benzene rings is 1. The molecule has 1 N–H and O–H groups in total. The standard InChI is InChI=1S/C15H22BrNO/c1-12(17-15-8-10-18-11-9-15)2-3-13-4-6-14(16)7-5-13/h4-7,12,15,17H,2-3,8-11H2,1H3/t12-/m0/s1. The van der Waals surface area contributed by atoms with E-state index in [1.165, 1.54) is 12.0 Å². The fourth-order valence-corrected chi connectivity index (χ4v) is 2.65. The molecule has 1 fully saturated rings. The molecule has 0 unspecified atom stereocenters. The Kier molecular flexibility index (Phi) is 5.67. The molecule has 0 radical (unpaired) electrons. The van der Waals surface area contributed by atoms with Crippen LogP contribution in [-0.4, -0.2) is 25.3 Å². The highest BCUT2D eigenvalue weighted by molar-refractivity contribution is 9.10. The van der Waals surface area contributed by atoms with E-state index in [1.54, 1.807) is 0 Å². The van der Waals surface area contributed by atoms with Gasteiger partial charge in [-0.25, -0.2) is 0 Å². The summed E-state index contributed by atoms with van der Waals surface area (Å²) in [5, 5.41) is 3.71. The van der Waals surface area contributed by atoms with Crippen LogP contribution in [0.1, 0.15) is 31.7 Å². The lowest BCUT2D eigenvalue weighted by atomic mass is 10.0. The third-order valence-electron chi connectivity index (χ3n) is 3.52. The summed E-state index contributed by atoms with van der Waals surface area (Å²) in [6, 6.07) is 9.87. The molecule has 1 atom stereocenters. The average Bonchev–Trinajstić information content (AvgIpc) is 2.39. The molecule has 0 amide bonds. The molecule has 0 bridgehead atoms. The molecule has 1 heterocycles. The average molecular weight is 312 g/mol. The van der Waals surface area contributed by atoms with E-state index in [2.05, 4.69) is 52.4 Å². The van der Waals surface area contributed by atoms with Gasteiger partial charge in [-0.05, 0) is 50.3 Å². The summed E-state index contributed by atoms with van der Waals surface area (Å²) >= 11 is 3.47. The molecule has 0 aromatic heterocycles. The lowest BCUT2D eigenvalue weighted by Gasteiger charge is -2.26. The van der Waals surface area contributed by atoms with Crippen LogP contribution in [0.15, 0.2) is 28.7 Å². The smallest absolute Gasteiger partial charge is 0.0480 e. The lowest BCUT2D eigenvalue weighted by Crippen LogP contribution is -2.40. The van der Waals surface area contributed by atoms with Crippen molar-refractivity contribution in [3.05, 3.63) is 34.3 Å². The first kappa shape index (κ1) is 14.0. The quantitative estimate of drug-likeness (QED) is 0.898. The van der Waals surface area contributed by atoms with Crippen LogP contribution in [-0.2, 0) is 11.2 Å². The fraction of sp³-hybridized carbons (Fsp3) is 0.600. The van der Waals surface area contributed by atoms with Crippen molar-refractivity contribution in [3.63, 3.8) is 0 Å². The number of hydrogen-bond acceptors (Lipinski definition) is 2. The predicted octanol–water partition coefficient (Wildman–Crippen LogP) is 3.54. The Hall–Kier alpha value is -0.380. The maximum atomic E-state index is 5.38. The molecule has 1 aromatic carbocycles. The van der Waals surface area contributed by atoms with Gasteiger partial charge < -0.3 is 10.1 Å². The van der Waals surface area contributed by atoms with Crippen LogP contribution < -0.4 is 5.32 Å². The van der Waals surface area contributed by atoms with Crippen molar-refractivity contribution in [2.24, 2.45) is 0 Å². The highest BCUT2D eigenvalue weighted by atomic mass is 79.9. The van der Waals surface area contributed by atoms with Crippen LogP contribution in [0.4, 0.5) is 0 Å². The van der Waals surface area contributed by atoms with Gasteiger partial charge in [0, 0.05) is 29.8 Å². The Balaban J connectivity index is 1.70. The summed E-state index contributed by atoms with van der Waals surface area (Å²) in [7, 11) is 0. The first-order valence-electron chi connectivity index (χ1n) is 6.82. The molecule has 1 aliphatic heterocycles. The molecule has 0 saturated carbocycles. The van der Waals surface area contributed by atoms with Gasteiger partial charge in [-0.1, -0.05) is 28.1 Å². The van der Waals surface area contributed by atoms with Gasteiger partial charge in [0.15, 0.2) is 0 Å². The van der Waals surface area contributed by atoms with E-state index in [9.17, 15) is 0 Å². The molecule has 2 nitrogen and oxygen atoms in total. The molecule has 1 aromatic rings. The lowest BCUT2D eigenvalue weighted by molar-refractivity contribution is 0.0752. The summed E-state index contributed by atoms with van der Waals surface area (Å²) in [5.74, 6) is 0. The molecule has 3 heteroatoms. The zero-order valence-electron chi connectivity index (χ0n) is 11.0. The Morgan fingerprint density at radius 2 is 1.94 bits per heavy atom. The van der Waals surface area contributed by atoms with E-state index in [-0.39, 0.29) is 0 Å². The van der Waals surface area contributed by atoms with Gasteiger partial charge in [0.1, 0.15) is 0 Å². The molecule has 0 spiro atoms. The number of halogens is 1. The molecular formula is C15H22BrNO. The van der Waals surface area contributed by atoms with Crippen molar-refractivity contribution < 1.29 is 4.74 Å². The molecule has 100 valence electrons. The largest absolute Gasteiger partial charge is 0.381 e.